The molecule has 1 aliphatic rings. The maximum Gasteiger partial charge on any atom is 0.339 e. The molecule has 3 aromatic rings. The number of methoxy groups -OCH3 is 1. The Hall–Kier alpha value is -4.22. The Morgan fingerprint density at radius 1 is 1.08 bits per heavy atom. The van der Waals surface area contributed by atoms with Crippen LogP contribution in [0.3, 0.4) is 0 Å². The maximum atomic E-state index is 15.1. The Bertz CT molecular complexity index is 1440. The van der Waals surface area contributed by atoms with Gasteiger partial charge in [-0.2, -0.15) is 0 Å². The van der Waals surface area contributed by atoms with Crippen molar-refractivity contribution in [2.24, 2.45) is 0 Å². The number of urea groups is 1. The average molecular weight is 557 g/mol. The number of rotatable bonds is 7. The highest BCUT2D eigenvalue weighted by molar-refractivity contribution is 6.30. The predicted molar refractivity (Wildman–Crippen MR) is 143 cm³/mol. The van der Waals surface area contributed by atoms with E-state index in [1.807, 2.05) is 0 Å². The average Bonchev–Trinajstić information content (AvgIpc) is 3.37. The van der Waals surface area contributed by atoms with E-state index in [1.165, 1.54) is 42.5 Å². The van der Waals surface area contributed by atoms with Gasteiger partial charge in [-0.3, -0.25) is 14.2 Å². The number of halogens is 2. The summed E-state index contributed by atoms with van der Waals surface area (Å²) in [6.45, 7) is 1.98. The van der Waals surface area contributed by atoms with Crippen molar-refractivity contribution in [2.45, 2.75) is 25.5 Å². The van der Waals surface area contributed by atoms with E-state index in [4.69, 9.17) is 21.1 Å². The first-order chi connectivity index (χ1) is 18.7. The lowest BCUT2D eigenvalue weighted by Crippen LogP contribution is -2.45. The summed E-state index contributed by atoms with van der Waals surface area (Å²) < 4.78 is 26.5. The fraction of sp³-hybridized carbons (Fsp3) is 0.259. The van der Waals surface area contributed by atoms with Gasteiger partial charge in [-0.15, -0.1) is 0 Å². The lowest BCUT2D eigenvalue weighted by atomic mass is 10.1. The maximum absolute atomic E-state index is 15.1. The number of aromatic nitrogens is 1. The normalized spacial score (nSPS) is 16.6. The number of nitrogens with one attached hydrogen (secondary N) is 2. The Morgan fingerprint density at radius 3 is 2.49 bits per heavy atom. The molecule has 39 heavy (non-hydrogen) atoms. The number of benzene rings is 2. The van der Waals surface area contributed by atoms with E-state index in [9.17, 15) is 19.2 Å². The molecule has 1 saturated heterocycles. The van der Waals surface area contributed by atoms with Gasteiger partial charge < -0.3 is 25.0 Å². The van der Waals surface area contributed by atoms with Crippen molar-refractivity contribution >= 4 is 40.9 Å². The van der Waals surface area contributed by atoms with Crippen LogP contribution < -0.4 is 16.2 Å². The summed E-state index contributed by atoms with van der Waals surface area (Å²) >= 11 is 5.89. The number of hydrogen-bond acceptors (Lipinski definition) is 6. The highest BCUT2D eigenvalue weighted by atomic mass is 35.5. The van der Waals surface area contributed by atoms with Crippen LogP contribution in [-0.4, -0.2) is 59.8 Å². The highest BCUT2D eigenvalue weighted by Gasteiger charge is 2.40. The molecule has 2 N–H and O–H groups in total. The van der Waals surface area contributed by atoms with E-state index in [-0.39, 0.29) is 42.6 Å². The fourth-order valence-electron chi connectivity index (χ4n) is 4.17. The van der Waals surface area contributed by atoms with Crippen LogP contribution in [0.1, 0.15) is 23.7 Å². The van der Waals surface area contributed by atoms with Gasteiger partial charge in [0.1, 0.15) is 11.9 Å². The first kappa shape index (κ1) is 27.8. The number of carbonyl (C=O) groups excluding carboxylic acids is 3. The third-order valence-electron chi connectivity index (χ3n) is 6.17. The summed E-state index contributed by atoms with van der Waals surface area (Å²) in [5, 5.41) is 5.75. The molecule has 12 heteroatoms. The number of anilines is 2. The monoisotopic (exact) mass is 556 g/mol. The SMILES string of the molecule is CCOC(=O)c1ccc(=O)n(-c2ccc(NC(=O)[C@H]3C[C@@H](OC)CN3C(=O)Nc3ccc(Cl)cc3)c(F)c2)c1. The van der Waals surface area contributed by atoms with E-state index < -0.39 is 35.3 Å². The van der Waals surface area contributed by atoms with Crippen molar-refractivity contribution in [3.8, 4) is 5.69 Å². The standard InChI is InChI=1S/C27H26ClFN4O6/c1-3-39-26(36)16-4-11-24(34)32(14-16)19-9-10-22(21(29)12-19)31-25(35)23-13-20(38-2)15-33(23)27(37)30-18-7-5-17(28)6-8-18/h4-12,14,20,23H,3,13,15H2,1-2H3,(H,30,37)(H,31,35)/t20-,23-/m1/s1. The number of amides is 3. The lowest BCUT2D eigenvalue weighted by molar-refractivity contribution is -0.119. The summed E-state index contributed by atoms with van der Waals surface area (Å²) in [6, 6.07) is 11.3. The molecule has 2 aromatic carbocycles. The number of likely N-dealkylation sites (tertiary alicyclic amines) is 1. The molecule has 0 spiro atoms. The van der Waals surface area contributed by atoms with Crippen LogP contribution in [-0.2, 0) is 14.3 Å². The number of carbonyl (C=O) groups is 3. The van der Waals surface area contributed by atoms with Crippen molar-refractivity contribution in [1.82, 2.24) is 9.47 Å². The molecule has 204 valence electrons. The van der Waals surface area contributed by atoms with Gasteiger partial charge >= 0.3 is 12.0 Å². The summed E-state index contributed by atoms with van der Waals surface area (Å²) in [5.74, 6) is -2.03. The van der Waals surface area contributed by atoms with Crippen LogP contribution in [0.15, 0.2) is 65.6 Å². The molecule has 0 aliphatic carbocycles. The molecule has 4 rings (SSSR count). The van der Waals surface area contributed by atoms with Crippen molar-refractivity contribution in [3.63, 3.8) is 0 Å². The van der Waals surface area contributed by atoms with Crippen molar-refractivity contribution in [1.29, 1.82) is 0 Å². The van der Waals surface area contributed by atoms with Gasteiger partial charge in [0.2, 0.25) is 5.91 Å². The molecule has 0 radical (unpaired) electrons. The van der Waals surface area contributed by atoms with Gasteiger partial charge in [-0.05, 0) is 49.4 Å². The topological polar surface area (TPSA) is 119 Å². The molecule has 2 heterocycles. The summed E-state index contributed by atoms with van der Waals surface area (Å²) in [7, 11) is 1.48. The van der Waals surface area contributed by atoms with Crippen molar-refractivity contribution in [3.05, 3.63) is 87.6 Å². The number of nitrogens with zero attached hydrogens (tertiary/aromatic N) is 2. The third kappa shape index (κ3) is 6.44. The number of hydrogen-bond donors (Lipinski definition) is 2. The molecule has 0 saturated carbocycles. The van der Waals surface area contributed by atoms with E-state index in [0.717, 1.165) is 10.6 Å². The van der Waals surface area contributed by atoms with Crippen LogP contribution in [0.4, 0.5) is 20.6 Å². The predicted octanol–water partition coefficient (Wildman–Crippen LogP) is 4.07. The third-order valence-corrected chi connectivity index (χ3v) is 6.42. The van der Waals surface area contributed by atoms with Crippen molar-refractivity contribution < 1.29 is 28.2 Å². The van der Waals surface area contributed by atoms with Crippen LogP contribution in [0.2, 0.25) is 5.02 Å². The number of pyridine rings is 1. The van der Waals surface area contributed by atoms with Crippen LogP contribution in [0, 0.1) is 5.82 Å². The number of esters is 1. The van der Waals surface area contributed by atoms with Gasteiger partial charge in [0, 0.05) is 49.1 Å². The molecule has 2 atom stereocenters. The summed E-state index contributed by atoms with van der Waals surface area (Å²) in [6.07, 6.45) is 1.09. The smallest absolute Gasteiger partial charge is 0.339 e. The number of ether oxygens (including phenoxy) is 2. The fourth-order valence-corrected chi connectivity index (χ4v) is 4.29. The largest absolute Gasteiger partial charge is 0.462 e. The molecule has 10 nitrogen and oxygen atoms in total. The van der Waals surface area contributed by atoms with Gasteiger partial charge in [-0.1, -0.05) is 11.6 Å². The Kier molecular flexibility index (Phi) is 8.62. The minimum absolute atomic E-state index is 0.125. The summed E-state index contributed by atoms with van der Waals surface area (Å²) in [4.78, 5) is 51.8. The molecule has 1 aromatic heterocycles. The van der Waals surface area contributed by atoms with Gasteiger partial charge in [-0.25, -0.2) is 14.0 Å². The second kappa shape index (κ2) is 12.1. The zero-order valence-electron chi connectivity index (χ0n) is 21.1. The first-order valence-electron chi connectivity index (χ1n) is 12.1. The van der Waals surface area contributed by atoms with E-state index in [1.54, 1.807) is 31.2 Å². The zero-order valence-corrected chi connectivity index (χ0v) is 21.9. The molecule has 3 amide bonds. The molecule has 1 aliphatic heterocycles. The second-order valence-electron chi connectivity index (χ2n) is 8.70. The van der Waals surface area contributed by atoms with E-state index in [0.29, 0.717) is 10.7 Å². The quantitative estimate of drug-likeness (QED) is 0.424. The zero-order chi connectivity index (χ0) is 28.1. The van der Waals surface area contributed by atoms with Crippen LogP contribution in [0.25, 0.3) is 5.69 Å². The molecule has 0 bridgehead atoms. The second-order valence-corrected chi connectivity index (χ2v) is 9.13. The minimum Gasteiger partial charge on any atom is -0.462 e. The van der Waals surface area contributed by atoms with Gasteiger partial charge in [0.25, 0.3) is 5.56 Å². The Morgan fingerprint density at radius 2 is 1.82 bits per heavy atom. The van der Waals surface area contributed by atoms with E-state index >= 15 is 4.39 Å². The van der Waals surface area contributed by atoms with Gasteiger partial charge in [0.15, 0.2) is 0 Å². The highest BCUT2D eigenvalue weighted by Crippen LogP contribution is 2.25. The molecular formula is C27H26ClFN4O6. The van der Waals surface area contributed by atoms with Crippen LogP contribution >= 0.6 is 11.6 Å². The Balaban J connectivity index is 1.51. The molecular weight excluding hydrogens is 531 g/mol. The van der Waals surface area contributed by atoms with Gasteiger partial charge in [0.05, 0.1) is 29.6 Å². The van der Waals surface area contributed by atoms with Crippen LogP contribution in [0.5, 0.6) is 0 Å². The Labute approximate surface area is 228 Å². The minimum atomic E-state index is -0.926. The first-order valence-corrected chi connectivity index (χ1v) is 12.4. The summed E-state index contributed by atoms with van der Waals surface area (Å²) in [5.41, 5.74) is 0.134. The van der Waals surface area contributed by atoms with Crippen molar-refractivity contribution in [2.75, 3.05) is 30.9 Å². The lowest BCUT2D eigenvalue weighted by Gasteiger charge is -2.24. The molecule has 1 fully saturated rings. The van der Waals surface area contributed by atoms with E-state index in [2.05, 4.69) is 10.6 Å². The molecule has 0 unspecified atom stereocenters.